The van der Waals surface area contributed by atoms with Gasteiger partial charge >= 0.3 is 5.97 Å². The molecule has 1 atom stereocenters. The molecular formula is C24H32N2O5. The maximum Gasteiger partial charge on any atom is 0.326 e. The fourth-order valence-corrected chi connectivity index (χ4v) is 6.35. The molecule has 1 aromatic carbocycles. The van der Waals surface area contributed by atoms with Gasteiger partial charge in [-0.05, 0) is 80.8 Å². The average Bonchev–Trinajstić information content (AvgIpc) is 2.71. The summed E-state index contributed by atoms with van der Waals surface area (Å²) in [5.41, 5.74) is 0.631. The highest BCUT2D eigenvalue weighted by atomic mass is 16.5. The molecule has 4 bridgehead atoms. The highest BCUT2D eigenvalue weighted by molar-refractivity contribution is 5.96. The van der Waals surface area contributed by atoms with Crippen LogP contribution < -0.4 is 15.4 Å². The number of nitrogens with one attached hydrogen (secondary N) is 2. The van der Waals surface area contributed by atoms with E-state index >= 15 is 0 Å². The Kier molecular flexibility index (Phi) is 6.21. The lowest BCUT2D eigenvalue weighted by molar-refractivity contribution is -0.153. The largest absolute Gasteiger partial charge is 0.495 e. The number of methoxy groups -OCH3 is 1. The van der Waals surface area contributed by atoms with Gasteiger partial charge in [0.2, 0.25) is 5.91 Å². The van der Waals surface area contributed by atoms with Crippen LogP contribution in [0.1, 0.15) is 51.9 Å². The van der Waals surface area contributed by atoms with E-state index in [-0.39, 0.29) is 17.9 Å². The number of amides is 2. The summed E-state index contributed by atoms with van der Waals surface area (Å²) in [6.45, 7) is 1.28. The Bertz CT molecular complexity index is 817. The van der Waals surface area contributed by atoms with Crippen molar-refractivity contribution in [3.63, 3.8) is 0 Å². The van der Waals surface area contributed by atoms with Crippen molar-refractivity contribution in [2.45, 2.75) is 58.0 Å². The number of anilines is 1. The first kappa shape index (κ1) is 21.7. The third kappa shape index (κ3) is 5.02. The monoisotopic (exact) mass is 428 g/mol. The van der Waals surface area contributed by atoms with E-state index in [1.807, 2.05) is 0 Å². The number of esters is 1. The summed E-state index contributed by atoms with van der Waals surface area (Å²) >= 11 is 0. The smallest absolute Gasteiger partial charge is 0.326 e. The van der Waals surface area contributed by atoms with E-state index in [0.717, 1.165) is 37.0 Å². The number of ether oxygens (including phenoxy) is 2. The summed E-state index contributed by atoms with van der Waals surface area (Å²) in [5, 5.41) is 5.39. The maximum absolute atomic E-state index is 12.6. The molecule has 4 fully saturated rings. The minimum absolute atomic E-state index is 0.0926. The van der Waals surface area contributed by atoms with E-state index < -0.39 is 18.0 Å². The van der Waals surface area contributed by atoms with E-state index in [4.69, 9.17) is 9.47 Å². The normalized spacial score (nSPS) is 29.2. The Labute approximate surface area is 183 Å². The molecule has 7 heteroatoms. The second kappa shape index (κ2) is 8.89. The van der Waals surface area contributed by atoms with Crippen LogP contribution in [0.3, 0.4) is 0 Å². The van der Waals surface area contributed by atoms with Crippen LogP contribution in [0, 0.1) is 23.2 Å². The van der Waals surface area contributed by atoms with Crippen LogP contribution in [0.25, 0.3) is 0 Å². The fourth-order valence-electron chi connectivity index (χ4n) is 6.35. The van der Waals surface area contributed by atoms with E-state index in [2.05, 4.69) is 10.6 Å². The predicted molar refractivity (Wildman–Crippen MR) is 115 cm³/mol. The maximum atomic E-state index is 12.6. The first-order chi connectivity index (χ1) is 14.9. The molecule has 2 amide bonds. The van der Waals surface area contributed by atoms with Crippen molar-refractivity contribution < 1.29 is 23.9 Å². The van der Waals surface area contributed by atoms with Crippen molar-refractivity contribution in [2.24, 2.45) is 23.2 Å². The van der Waals surface area contributed by atoms with Crippen LogP contribution >= 0.6 is 0 Å². The van der Waals surface area contributed by atoms with Gasteiger partial charge in [0.25, 0.3) is 5.91 Å². The third-order valence-electron chi connectivity index (χ3n) is 7.17. The topological polar surface area (TPSA) is 93.7 Å². The van der Waals surface area contributed by atoms with Crippen molar-refractivity contribution in [3.8, 4) is 5.75 Å². The molecule has 7 nitrogen and oxygen atoms in total. The summed E-state index contributed by atoms with van der Waals surface area (Å²) in [6, 6.07) is 7.00. The molecule has 0 aliphatic heterocycles. The van der Waals surface area contributed by atoms with Gasteiger partial charge in [-0.3, -0.25) is 14.4 Å². The van der Waals surface area contributed by atoms with Crippen LogP contribution in [0.2, 0.25) is 0 Å². The lowest BCUT2D eigenvalue weighted by Gasteiger charge is -2.56. The summed E-state index contributed by atoms with van der Waals surface area (Å²) in [5.74, 6) is 1.69. The van der Waals surface area contributed by atoms with Crippen molar-refractivity contribution >= 4 is 23.5 Å². The highest BCUT2D eigenvalue weighted by Crippen LogP contribution is 2.61. The van der Waals surface area contributed by atoms with Gasteiger partial charge in [0.05, 0.1) is 12.8 Å². The Morgan fingerprint density at radius 2 is 1.68 bits per heavy atom. The number of hydrogen-bond acceptors (Lipinski definition) is 5. The molecule has 168 valence electrons. The molecule has 4 aliphatic carbocycles. The van der Waals surface area contributed by atoms with Gasteiger partial charge < -0.3 is 20.1 Å². The molecule has 0 radical (unpaired) electrons. The fraction of sp³-hybridized carbons (Fsp3) is 0.625. The Balaban J connectivity index is 1.22. The Hall–Kier alpha value is -2.57. The second-order valence-electron chi connectivity index (χ2n) is 9.69. The zero-order chi connectivity index (χ0) is 22.0. The molecular weight excluding hydrogens is 396 g/mol. The lowest BCUT2D eigenvalue weighted by Crippen LogP contribution is -2.48. The van der Waals surface area contributed by atoms with Crippen LogP contribution in [-0.4, -0.2) is 37.5 Å². The van der Waals surface area contributed by atoms with E-state index in [9.17, 15) is 14.4 Å². The number of hydrogen-bond donors (Lipinski definition) is 2. The molecule has 5 rings (SSSR count). The number of benzene rings is 1. The van der Waals surface area contributed by atoms with Gasteiger partial charge in [0.1, 0.15) is 12.3 Å². The van der Waals surface area contributed by atoms with Crippen molar-refractivity contribution in [1.82, 2.24) is 5.32 Å². The molecule has 31 heavy (non-hydrogen) atoms. The van der Waals surface area contributed by atoms with Gasteiger partial charge in [0.15, 0.2) is 6.10 Å². The Morgan fingerprint density at radius 3 is 2.29 bits per heavy atom. The third-order valence-corrected chi connectivity index (χ3v) is 7.17. The quantitative estimate of drug-likeness (QED) is 0.620. The zero-order valence-electron chi connectivity index (χ0n) is 18.3. The summed E-state index contributed by atoms with van der Waals surface area (Å²) in [4.78, 5) is 37.1. The summed E-state index contributed by atoms with van der Waals surface area (Å²) in [6.07, 6.45) is 6.96. The summed E-state index contributed by atoms with van der Waals surface area (Å²) < 4.78 is 10.4. The molecule has 1 aromatic rings. The van der Waals surface area contributed by atoms with E-state index in [0.29, 0.717) is 17.9 Å². The highest BCUT2D eigenvalue weighted by Gasteiger charge is 2.51. The van der Waals surface area contributed by atoms with Crippen LogP contribution in [0.15, 0.2) is 24.3 Å². The van der Waals surface area contributed by atoms with Crippen molar-refractivity contribution in [1.29, 1.82) is 0 Å². The minimum Gasteiger partial charge on any atom is -0.495 e. The van der Waals surface area contributed by atoms with Crippen molar-refractivity contribution in [2.75, 3.05) is 19.0 Å². The number of rotatable bonds is 8. The van der Waals surface area contributed by atoms with Crippen LogP contribution in [-0.2, 0) is 19.1 Å². The number of para-hydroxylation sites is 2. The summed E-state index contributed by atoms with van der Waals surface area (Å²) in [7, 11) is 1.51. The van der Waals surface area contributed by atoms with Gasteiger partial charge in [-0.25, -0.2) is 0 Å². The zero-order valence-corrected chi connectivity index (χ0v) is 18.3. The molecule has 2 N–H and O–H groups in total. The molecule has 0 aromatic heterocycles. The number of carbonyl (C=O) groups excluding carboxylic acids is 3. The molecule has 0 saturated heterocycles. The van der Waals surface area contributed by atoms with Gasteiger partial charge in [-0.2, -0.15) is 0 Å². The standard InChI is InChI=1S/C24H32N2O5/c1-15(23(29)26-19-5-3-4-6-20(19)30-2)31-22(28)14-25-21(27)13-24-10-16-7-17(11-24)9-18(8-16)12-24/h3-6,15-18H,7-14H2,1-2H3,(H,25,27)(H,26,29)/t15-,16?,17?,18?,24?/m1/s1. The van der Waals surface area contributed by atoms with Gasteiger partial charge in [0, 0.05) is 6.42 Å². The average molecular weight is 429 g/mol. The van der Waals surface area contributed by atoms with Crippen LogP contribution in [0.4, 0.5) is 5.69 Å². The minimum atomic E-state index is -0.988. The molecule has 0 spiro atoms. The number of carbonyl (C=O) groups is 3. The lowest BCUT2D eigenvalue weighted by atomic mass is 9.49. The van der Waals surface area contributed by atoms with E-state index in [1.165, 1.54) is 33.3 Å². The van der Waals surface area contributed by atoms with Crippen molar-refractivity contribution in [3.05, 3.63) is 24.3 Å². The predicted octanol–water partition coefficient (Wildman–Crippen LogP) is 3.29. The molecule has 4 saturated carbocycles. The molecule has 0 unspecified atom stereocenters. The van der Waals surface area contributed by atoms with Gasteiger partial charge in [-0.15, -0.1) is 0 Å². The SMILES string of the molecule is COc1ccccc1NC(=O)[C@@H](C)OC(=O)CNC(=O)CC12CC3CC(CC(C3)C1)C2. The molecule has 0 heterocycles. The molecule has 4 aliphatic rings. The van der Waals surface area contributed by atoms with Crippen LogP contribution in [0.5, 0.6) is 5.75 Å². The first-order valence-electron chi connectivity index (χ1n) is 11.3. The Morgan fingerprint density at radius 1 is 1.06 bits per heavy atom. The first-order valence-corrected chi connectivity index (χ1v) is 11.3. The second-order valence-corrected chi connectivity index (χ2v) is 9.69. The van der Waals surface area contributed by atoms with E-state index in [1.54, 1.807) is 24.3 Å². The van der Waals surface area contributed by atoms with Gasteiger partial charge in [-0.1, -0.05) is 12.1 Å².